The molecule has 22 heavy (non-hydrogen) atoms. The molecule has 2 aromatic rings. The van der Waals surface area contributed by atoms with Gasteiger partial charge in [0.1, 0.15) is 11.6 Å². The van der Waals surface area contributed by atoms with Crippen LogP contribution in [0.15, 0.2) is 40.9 Å². The molecule has 0 aliphatic heterocycles. The molecule has 0 bridgehead atoms. The van der Waals surface area contributed by atoms with Crippen LogP contribution in [0.4, 0.5) is 10.1 Å². The number of ether oxygens (including phenoxy) is 1. The summed E-state index contributed by atoms with van der Waals surface area (Å²) in [6.07, 6.45) is -0.732. The van der Waals surface area contributed by atoms with Gasteiger partial charge in [-0.3, -0.25) is 4.79 Å². The van der Waals surface area contributed by atoms with Gasteiger partial charge < -0.3 is 10.1 Å². The van der Waals surface area contributed by atoms with Crippen LogP contribution in [0.2, 0.25) is 0 Å². The summed E-state index contributed by atoms with van der Waals surface area (Å²) >= 11 is 3.17. The minimum absolute atomic E-state index is 0.129. The maximum Gasteiger partial charge on any atom is 0.265 e. The molecule has 0 radical (unpaired) electrons. The highest BCUT2D eigenvalue weighted by atomic mass is 79.9. The summed E-state index contributed by atoms with van der Waals surface area (Å²) in [5.74, 6) is -0.280. The molecule has 116 valence electrons. The van der Waals surface area contributed by atoms with Crippen molar-refractivity contribution in [3.63, 3.8) is 0 Å². The quantitative estimate of drug-likeness (QED) is 0.858. The Hall–Kier alpha value is -1.88. The molecule has 0 spiro atoms. The Kier molecular flexibility index (Phi) is 5.19. The van der Waals surface area contributed by atoms with Crippen molar-refractivity contribution in [2.75, 3.05) is 5.32 Å². The van der Waals surface area contributed by atoms with E-state index in [0.29, 0.717) is 10.2 Å². The van der Waals surface area contributed by atoms with E-state index in [4.69, 9.17) is 4.74 Å². The molecule has 0 aliphatic carbocycles. The van der Waals surface area contributed by atoms with Gasteiger partial charge in [0, 0.05) is 4.47 Å². The summed E-state index contributed by atoms with van der Waals surface area (Å²) < 4.78 is 20.0. The van der Waals surface area contributed by atoms with E-state index in [1.807, 2.05) is 32.0 Å². The maximum absolute atomic E-state index is 13.7. The van der Waals surface area contributed by atoms with Crippen LogP contribution >= 0.6 is 15.9 Å². The summed E-state index contributed by atoms with van der Waals surface area (Å²) in [4.78, 5) is 12.1. The number of nitrogens with one attached hydrogen (secondary N) is 1. The molecule has 2 aromatic carbocycles. The average Bonchev–Trinajstić information content (AvgIpc) is 2.40. The zero-order chi connectivity index (χ0) is 16.3. The third kappa shape index (κ3) is 4.31. The normalized spacial score (nSPS) is 11.9. The van der Waals surface area contributed by atoms with Gasteiger partial charge in [0.25, 0.3) is 5.91 Å². The first-order valence-electron chi connectivity index (χ1n) is 6.86. The van der Waals surface area contributed by atoms with E-state index < -0.39 is 17.8 Å². The van der Waals surface area contributed by atoms with E-state index in [0.717, 1.165) is 11.1 Å². The maximum atomic E-state index is 13.7. The number of carbonyl (C=O) groups excluding carboxylic acids is 1. The third-order valence-electron chi connectivity index (χ3n) is 3.07. The Morgan fingerprint density at radius 3 is 2.41 bits per heavy atom. The van der Waals surface area contributed by atoms with Crippen LogP contribution in [0.1, 0.15) is 18.1 Å². The van der Waals surface area contributed by atoms with Gasteiger partial charge in [-0.2, -0.15) is 0 Å². The summed E-state index contributed by atoms with van der Waals surface area (Å²) in [6.45, 7) is 5.55. The van der Waals surface area contributed by atoms with Crippen LogP contribution in [-0.2, 0) is 4.79 Å². The summed E-state index contributed by atoms with van der Waals surface area (Å²) in [7, 11) is 0. The molecule has 2 rings (SSSR count). The van der Waals surface area contributed by atoms with Gasteiger partial charge in [0.05, 0.1) is 5.69 Å². The van der Waals surface area contributed by atoms with E-state index in [1.165, 1.54) is 12.1 Å². The van der Waals surface area contributed by atoms with Crippen molar-refractivity contribution < 1.29 is 13.9 Å². The van der Waals surface area contributed by atoms with Gasteiger partial charge >= 0.3 is 0 Å². The van der Waals surface area contributed by atoms with Gasteiger partial charge in [0.2, 0.25) is 0 Å². The SMILES string of the molecule is Cc1cc(C)cc(OC(C)C(=O)Nc2ccc(Br)cc2F)c1. The second-order valence-electron chi connectivity index (χ2n) is 5.20. The Morgan fingerprint density at radius 2 is 1.82 bits per heavy atom. The number of aryl methyl sites for hydroxylation is 2. The lowest BCUT2D eigenvalue weighted by molar-refractivity contribution is -0.122. The molecular formula is C17H17BrFNO2. The molecule has 0 saturated heterocycles. The van der Waals surface area contributed by atoms with E-state index in [2.05, 4.69) is 21.2 Å². The monoisotopic (exact) mass is 365 g/mol. The standard InChI is InChI=1S/C17H17BrFNO2/c1-10-6-11(2)8-14(7-10)22-12(3)17(21)20-16-5-4-13(18)9-15(16)19/h4-9,12H,1-3H3,(H,20,21). The first-order valence-corrected chi connectivity index (χ1v) is 7.65. The molecule has 0 fully saturated rings. The van der Waals surface area contributed by atoms with Crippen LogP contribution in [0.3, 0.4) is 0 Å². The van der Waals surface area contributed by atoms with Crippen LogP contribution in [0.5, 0.6) is 5.75 Å². The van der Waals surface area contributed by atoms with E-state index in [-0.39, 0.29) is 5.69 Å². The highest BCUT2D eigenvalue weighted by Crippen LogP contribution is 2.21. The summed E-state index contributed by atoms with van der Waals surface area (Å²) in [5.41, 5.74) is 2.24. The number of benzene rings is 2. The smallest absolute Gasteiger partial charge is 0.265 e. The highest BCUT2D eigenvalue weighted by molar-refractivity contribution is 9.10. The molecule has 1 amide bonds. The fourth-order valence-electron chi connectivity index (χ4n) is 2.08. The lowest BCUT2D eigenvalue weighted by Crippen LogP contribution is -2.30. The number of amides is 1. The number of carbonyl (C=O) groups is 1. The fourth-order valence-corrected chi connectivity index (χ4v) is 2.42. The first-order chi connectivity index (χ1) is 10.3. The second-order valence-corrected chi connectivity index (χ2v) is 6.11. The van der Waals surface area contributed by atoms with E-state index >= 15 is 0 Å². The van der Waals surface area contributed by atoms with E-state index in [1.54, 1.807) is 13.0 Å². The summed E-state index contributed by atoms with van der Waals surface area (Å²) in [5, 5.41) is 2.53. The minimum atomic E-state index is -0.732. The van der Waals surface area contributed by atoms with Gasteiger partial charge in [-0.25, -0.2) is 4.39 Å². The van der Waals surface area contributed by atoms with Gasteiger partial charge in [-0.1, -0.05) is 22.0 Å². The molecule has 5 heteroatoms. The van der Waals surface area contributed by atoms with E-state index in [9.17, 15) is 9.18 Å². The molecular weight excluding hydrogens is 349 g/mol. The van der Waals surface area contributed by atoms with Crippen molar-refractivity contribution >= 4 is 27.5 Å². The van der Waals surface area contributed by atoms with Crippen molar-refractivity contribution in [1.29, 1.82) is 0 Å². The Balaban J connectivity index is 2.05. The minimum Gasteiger partial charge on any atom is -0.481 e. The number of hydrogen-bond acceptors (Lipinski definition) is 2. The molecule has 0 heterocycles. The van der Waals surface area contributed by atoms with Crippen LogP contribution < -0.4 is 10.1 Å². The van der Waals surface area contributed by atoms with Crippen LogP contribution in [0, 0.1) is 19.7 Å². The molecule has 0 saturated carbocycles. The van der Waals surface area contributed by atoms with Crippen LogP contribution in [-0.4, -0.2) is 12.0 Å². The van der Waals surface area contributed by atoms with Crippen molar-refractivity contribution in [2.24, 2.45) is 0 Å². The zero-order valence-corrected chi connectivity index (χ0v) is 14.2. The molecule has 0 aromatic heterocycles. The van der Waals surface area contributed by atoms with Crippen molar-refractivity contribution in [3.8, 4) is 5.75 Å². The largest absolute Gasteiger partial charge is 0.481 e. The molecule has 1 atom stereocenters. The number of anilines is 1. The zero-order valence-electron chi connectivity index (χ0n) is 12.6. The molecule has 3 nitrogen and oxygen atoms in total. The number of hydrogen-bond donors (Lipinski definition) is 1. The molecule has 0 aliphatic rings. The van der Waals surface area contributed by atoms with Crippen molar-refractivity contribution in [3.05, 3.63) is 57.8 Å². The Bertz CT molecular complexity index is 683. The predicted octanol–water partition coefficient (Wildman–Crippen LogP) is 4.61. The predicted molar refractivity (Wildman–Crippen MR) is 88.7 cm³/mol. The summed E-state index contributed by atoms with van der Waals surface area (Å²) in [6, 6.07) is 10.2. The molecule has 1 N–H and O–H groups in total. The topological polar surface area (TPSA) is 38.3 Å². The van der Waals surface area contributed by atoms with Gasteiger partial charge in [-0.15, -0.1) is 0 Å². The average molecular weight is 366 g/mol. The highest BCUT2D eigenvalue weighted by Gasteiger charge is 2.16. The number of halogens is 2. The molecule has 1 unspecified atom stereocenters. The second kappa shape index (κ2) is 6.92. The Morgan fingerprint density at radius 1 is 1.18 bits per heavy atom. The van der Waals surface area contributed by atoms with Crippen LogP contribution in [0.25, 0.3) is 0 Å². The van der Waals surface area contributed by atoms with Gasteiger partial charge in [0.15, 0.2) is 6.10 Å². The first kappa shape index (κ1) is 16.5. The number of rotatable bonds is 4. The van der Waals surface area contributed by atoms with Crippen molar-refractivity contribution in [1.82, 2.24) is 0 Å². The fraction of sp³-hybridized carbons (Fsp3) is 0.235. The Labute approximate surface area is 137 Å². The van der Waals surface area contributed by atoms with Crippen molar-refractivity contribution in [2.45, 2.75) is 26.9 Å². The lowest BCUT2D eigenvalue weighted by atomic mass is 10.1. The lowest BCUT2D eigenvalue weighted by Gasteiger charge is -2.16. The third-order valence-corrected chi connectivity index (χ3v) is 3.56. The van der Waals surface area contributed by atoms with Gasteiger partial charge in [-0.05, 0) is 62.2 Å².